The molecule has 0 bridgehead atoms. The van der Waals surface area contributed by atoms with Crippen molar-refractivity contribution in [3.63, 3.8) is 0 Å². The van der Waals surface area contributed by atoms with Crippen molar-refractivity contribution in [2.24, 2.45) is 0 Å². The molecule has 0 heterocycles. The Morgan fingerprint density at radius 2 is 1.28 bits per heavy atom. The van der Waals surface area contributed by atoms with Crippen LogP contribution >= 0.6 is 0 Å². The van der Waals surface area contributed by atoms with Gasteiger partial charge >= 0.3 is 0 Å². The Morgan fingerprint density at radius 3 is 1.76 bits per heavy atom. The fourth-order valence-electron chi connectivity index (χ4n) is 2.72. The van der Waals surface area contributed by atoms with E-state index < -0.39 is 0 Å². The van der Waals surface area contributed by atoms with Crippen LogP contribution in [0.4, 0.5) is 0 Å². The van der Waals surface area contributed by atoms with Gasteiger partial charge in [-0.15, -0.1) is 0 Å². The predicted molar refractivity (Wildman–Crippen MR) is 101 cm³/mol. The summed E-state index contributed by atoms with van der Waals surface area (Å²) < 4.78 is 21.9. The molecule has 0 aliphatic carbocycles. The predicted octanol–water partition coefficient (Wildman–Crippen LogP) is 4.95. The Hall–Kier alpha value is -2.62. The second-order valence-electron chi connectivity index (χ2n) is 5.39. The van der Waals surface area contributed by atoms with E-state index in [0.717, 1.165) is 34.6 Å². The first-order valence-corrected chi connectivity index (χ1v) is 8.42. The van der Waals surface area contributed by atoms with E-state index in [1.807, 2.05) is 43.3 Å². The normalized spacial score (nSPS) is 11.2. The Kier molecular flexibility index (Phi) is 6.75. The van der Waals surface area contributed by atoms with Gasteiger partial charge in [0, 0.05) is 0 Å². The quantitative estimate of drug-likeness (QED) is 0.680. The zero-order valence-corrected chi connectivity index (χ0v) is 15.6. The van der Waals surface area contributed by atoms with Gasteiger partial charge in [-0.05, 0) is 54.3 Å². The fraction of sp³-hybridized carbons (Fsp3) is 0.333. The van der Waals surface area contributed by atoms with Crippen LogP contribution < -0.4 is 18.9 Å². The second-order valence-corrected chi connectivity index (χ2v) is 5.39. The smallest absolute Gasteiger partial charge is 0.161 e. The summed E-state index contributed by atoms with van der Waals surface area (Å²) in [6.07, 6.45) is 3.11. The molecule has 0 aliphatic heterocycles. The third kappa shape index (κ3) is 4.27. The maximum Gasteiger partial charge on any atom is 0.161 e. The molecule has 0 aliphatic rings. The minimum atomic E-state index is 0.586. The maximum atomic E-state index is 5.72. The number of hydrogen-bond donors (Lipinski definition) is 0. The highest BCUT2D eigenvalue weighted by Crippen LogP contribution is 2.36. The molecule has 0 spiro atoms. The molecule has 2 rings (SSSR count). The SMILES string of the molecule is CC/C=C(\c1ccc(OC)c(OC)c1)c1ccc(OC)c(OCC)c1. The molecule has 0 saturated heterocycles. The van der Waals surface area contributed by atoms with E-state index in [2.05, 4.69) is 13.0 Å². The Balaban J connectivity index is 2.52. The van der Waals surface area contributed by atoms with Crippen LogP contribution in [0.3, 0.4) is 0 Å². The summed E-state index contributed by atoms with van der Waals surface area (Å²) in [5, 5.41) is 0. The number of hydrogen-bond acceptors (Lipinski definition) is 4. The fourth-order valence-corrected chi connectivity index (χ4v) is 2.72. The van der Waals surface area contributed by atoms with Crippen LogP contribution in [0.2, 0.25) is 0 Å². The molecular weight excluding hydrogens is 316 g/mol. The number of ether oxygens (including phenoxy) is 4. The summed E-state index contributed by atoms with van der Waals surface area (Å²) in [6.45, 7) is 4.67. The summed E-state index contributed by atoms with van der Waals surface area (Å²) in [6, 6.07) is 11.9. The van der Waals surface area contributed by atoms with Gasteiger partial charge in [-0.1, -0.05) is 25.1 Å². The van der Waals surface area contributed by atoms with Crippen molar-refractivity contribution in [1.29, 1.82) is 0 Å². The molecule has 0 fully saturated rings. The van der Waals surface area contributed by atoms with Crippen molar-refractivity contribution in [1.82, 2.24) is 0 Å². The van der Waals surface area contributed by atoms with Crippen LogP contribution in [0.25, 0.3) is 5.57 Å². The zero-order chi connectivity index (χ0) is 18.2. The molecule has 4 nitrogen and oxygen atoms in total. The molecule has 0 saturated carbocycles. The average molecular weight is 342 g/mol. The maximum absolute atomic E-state index is 5.72. The van der Waals surface area contributed by atoms with Crippen LogP contribution in [0, 0.1) is 0 Å². The molecule has 0 radical (unpaired) electrons. The van der Waals surface area contributed by atoms with Crippen molar-refractivity contribution in [2.45, 2.75) is 20.3 Å². The van der Waals surface area contributed by atoms with Crippen LogP contribution in [-0.2, 0) is 0 Å². The summed E-state index contributed by atoms with van der Waals surface area (Å²) in [7, 11) is 4.93. The molecule has 134 valence electrons. The van der Waals surface area contributed by atoms with E-state index in [1.54, 1.807) is 21.3 Å². The van der Waals surface area contributed by atoms with Gasteiger partial charge in [0.1, 0.15) is 0 Å². The third-order valence-corrected chi connectivity index (χ3v) is 3.88. The largest absolute Gasteiger partial charge is 0.493 e. The molecule has 0 atom stereocenters. The van der Waals surface area contributed by atoms with E-state index in [1.165, 1.54) is 0 Å². The molecule has 2 aromatic rings. The van der Waals surface area contributed by atoms with Gasteiger partial charge in [0.05, 0.1) is 27.9 Å². The lowest BCUT2D eigenvalue weighted by molar-refractivity contribution is 0.311. The summed E-state index contributed by atoms with van der Waals surface area (Å²) >= 11 is 0. The monoisotopic (exact) mass is 342 g/mol. The Labute approximate surface area is 150 Å². The molecule has 0 aromatic heterocycles. The molecule has 0 N–H and O–H groups in total. The Morgan fingerprint density at radius 1 is 0.760 bits per heavy atom. The van der Waals surface area contributed by atoms with E-state index in [9.17, 15) is 0 Å². The number of rotatable bonds is 8. The molecule has 0 unspecified atom stereocenters. The first-order chi connectivity index (χ1) is 12.2. The molecular formula is C21H26O4. The van der Waals surface area contributed by atoms with E-state index in [4.69, 9.17) is 18.9 Å². The van der Waals surface area contributed by atoms with Gasteiger partial charge in [0.2, 0.25) is 0 Å². The van der Waals surface area contributed by atoms with Crippen LogP contribution in [0.15, 0.2) is 42.5 Å². The van der Waals surface area contributed by atoms with E-state index in [0.29, 0.717) is 18.1 Å². The van der Waals surface area contributed by atoms with Gasteiger partial charge in [-0.3, -0.25) is 0 Å². The first kappa shape index (κ1) is 18.7. The molecule has 2 aromatic carbocycles. The van der Waals surface area contributed by atoms with E-state index >= 15 is 0 Å². The topological polar surface area (TPSA) is 36.9 Å². The minimum Gasteiger partial charge on any atom is -0.493 e. The highest BCUT2D eigenvalue weighted by atomic mass is 16.5. The summed E-state index contributed by atoms with van der Waals surface area (Å²) in [4.78, 5) is 0. The lowest BCUT2D eigenvalue weighted by Gasteiger charge is -2.15. The highest BCUT2D eigenvalue weighted by molar-refractivity contribution is 5.81. The molecule has 0 amide bonds. The van der Waals surface area contributed by atoms with Gasteiger partial charge in [0.25, 0.3) is 0 Å². The van der Waals surface area contributed by atoms with Crippen molar-refractivity contribution < 1.29 is 18.9 Å². The standard InChI is InChI=1S/C21H26O4/c1-6-8-17(15-9-11-18(22-3)20(13-15)24-5)16-10-12-19(23-4)21(14-16)25-7-2/h8-14H,6-7H2,1-5H3/b17-8+. The number of allylic oxidation sites excluding steroid dienone is 1. The highest BCUT2D eigenvalue weighted by Gasteiger charge is 2.12. The van der Waals surface area contributed by atoms with Gasteiger partial charge in [-0.25, -0.2) is 0 Å². The number of methoxy groups -OCH3 is 3. The second kappa shape index (κ2) is 9.02. The van der Waals surface area contributed by atoms with Crippen LogP contribution in [-0.4, -0.2) is 27.9 Å². The number of benzene rings is 2. The van der Waals surface area contributed by atoms with Crippen molar-refractivity contribution in [2.75, 3.05) is 27.9 Å². The lowest BCUT2D eigenvalue weighted by Crippen LogP contribution is -1.98. The zero-order valence-electron chi connectivity index (χ0n) is 15.6. The average Bonchev–Trinajstić information content (AvgIpc) is 2.65. The lowest BCUT2D eigenvalue weighted by atomic mass is 9.96. The van der Waals surface area contributed by atoms with Crippen molar-refractivity contribution >= 4 is 5.57 Å². The van der Waals surface area contributed by atoms with Gasteiger partial charge in [0.15, 0.2) is 23.0 Å². The first-order valence-electron chi connectivity index (χ1n) is 8.42. The van der Waals surface area contributed by atoms with Crippen molar-refractivity contribution in [3.8, 4) is 23.0 Å². The molecule has 4 heteroatoms. The van der Waals surface area contributed by atoms with Gasteiger partial charge < -0.3 is 18.9 Å². The Bertz CT molecular complexity index is 735. The summed E-state index contributed by atoms with van der Waals surface area (Å²) in [5.41, 5.74) is 3.25. The van der Waals surface area contributed by atoms with Crippen LogP contribution in [0.1, 0.15) is 31.4 Å². The van der Waals surface area contributed by atoms with Gasteiger partial charge in [-0.2, -0.15) is 0 Å². The molecule has 25 heavy (non-hydrogen) atoms. The third-order valence-electron chi connectivity index (χ3n) is 3.88. The summed E-state index contributed by atoms with van der Waals surface area (Å²) in [5.74, 6) is 2.89. The van der Waals surface area contributed by atoms with E-state index in [-0.39, 0.29) is 0 Å². The van der Waals surface area contributed by atoms with Crippen LogP contribution in [0.5, 0.6) is 23.0 Å². The minimum absolute atomic E-state index is 0.586. The van der Waals surface area contributed by atoms with Crippen molar-refractivity contribution in [3.05, 3.63) is 53.6 Å².